The molecule has 1 saturated carbocycles. The Bertz CT molecular complexity index is 332. The third-order valence-electron chi connectivity index (χ3n) is 3.73. The summed E-state index contributed by atoms with van der Waals surface area (Å²) in [5.74, 6) is 0. The van der Waals surface area contributed by atoms with Crippen LogP contribution in [-0.4, -0.2) is 30.6 Å². The normalized spacial score (nSPS) is 17.1. The fourth-order valence-electron chi connectivity index (χ4n) is 2.50. The first kappa shape index (κ1) is 13.6. The summed E-state index contributed by atoms with van der Waals surface area (Å²) < 4.78 is 0. The van der Waals surface area contributed by atoms with Crippen molar-refractivity contribution in [1.29, 1.82) is 0 Å². The van der Waals surface area contributed by atoms with Gasteiger partial charge in [0.05, 0.1) is 0 Å². The number of nitrogens with zero attached hydrogens (tertiary/aromatic N) is 1. The van der Waals surface area contributed by atoms with E-state index in [1.54, 1.807) is 0 Å². The van der Waals surface area contributed by atoms with Gasteiger partial charge < -0.3 is 5.32 Å². The van der Waals surface area contributed by atoms with E-state index >= 15 is 0 Å². The molecular weight excluding hydrogens is 220 g/mol. The van der Waals surface area contributed by atoms with Gasteiger partial charge in [-0.1, -0.05) is 44.2 Å². The smallest absolute Gasteiger partial charge is 0.0449 e. The Kier molecular flexibility index (Phi) is 5.21. The fourth-order valence-corrected chi connectivity index (χ4v) is 2.50. The van der Waals surface area contributed by atoms with Gasteiger partial charge in [-0.25, -0.2) is 0 Å². The van der Waals surface area contributed by atoms with Crippen LogP contribution >= 0.6 is 0 Å². The molecule has 1 fully saturated rings. The van der Waals surface area contributed by atoms with Crippen molar-refractivity contribution in [2.75, 3.05) is 19.6 Å². The van der Waals surface area contributed by atoms with E-state index in [4.69, 9.17) is 0 Å². The predicted molar refractivity (Wildman–Crippen MR) is 77.7 cm³/mol. The van der Waals surface area contributed by atoms with Gasteiger partial charge in [-0.15, -0.1) is 0 Å². The van der Waals surface area contributed by atoms with Crippen molar-refractivity contribution in [3.63, 3.8) is 0 Å². The Morgan fingerprint density at radius 3 is 2.50 bits per heavy atom. The molecule has 0 bridgehead atoms. The van der Waals surface area contributed by atoms with Gasteiger partial charge in [0.2, 0.25) is 0 Å². The van der Waals surface area contributed by atoms with Crippen molar-refractivity contribution in [1.82, 2.24) is 10.2 Å². The largest absolute Gasteiger partial charge is 0.309 e. The minimum absolute atomic E-state index is 0.478. The molecule has 1 aromatic carbocycles. The zero-order chi connectivity index (χ0) is 12.8. The van der Waals surface area contributed by atoms with E-state index in [-0.39, 0.29) is 0 Å². The van der Waals surface area contributed by atoms with Gasteiger partial charge in [0.25, 0.3) is 0 Å². The lowest BCUT2D eigenvalue weighted by Crippen LogP contribution is -2.36. The molecule has 2 rings (SSSR count). The Labute approximate surface area is 111 Å². The maximum atomic E-state index is 3.69. The third-order valence-corrected chi connectivity index (χ3v) is 3.73. The molecule has 100 valence electrons. The molecule has 1 aromatic rings. The number of hydrogen-bond donors (Lipinski definition) is 1. The molecule has 1 atom stereocenters. The van der Waals surface area contributed by atoms with E-state index in [2.05, 4.69) is 54.4 Å². The first-order valence-corrected chi connectivity index (χ1v) is 7.37. The van der Waals surface area contributed by atoms with Crippen LogP contribution in [0.4, 0.5) is 0 Å². The summed E-state index contributed by atoms with van der Waals surface area (Å²) in [6.45, 7) is 7.92. The quantitative estimate of drug-likeness (QED) is 0.757. The number of likely N-dealkylation sites (N-methyl/N-ethyl adjacent to an activating group) is 1. The minimum Gasteiger partial charge on any atom is -0.309 e. The van der Waals surface area contributed by atoms with E-state index in [0.29, 0.717) is 6.04 Å². The Morgan fingerprint density at radius 2 is 1.94 bits per heavy atom. The highest BCUT2D eigenvalue weighted by Gasteiger charge is 2.29. The van der Waals surface area contributed by atoms with Gasteiger partial charge in [0.15, 0.2) is 0 Å². The highest BCUT2D eigenvalue weighted by Crippen LogP contribution is 2.28. The van der Waals surface area contributed by atoms with Crippen LogP contribution in [0.2, 0.25) is 0 Å². The zero-order valence-corrected chi connectivity index (χ0v) is 11.7. The second-order valence-electron chi connectivity index (χ2n) is 5.24. The average molecular weight is 246 g/mol. The van der Waals surface area contributed by atoms with Crippen molar-refractivity contribution in [2.45, 2.75) is 45.2 Å². The van der Waals surface area contributed by atoms with E-state index < -0.39 is 0 Å². The molecule has 2 heteroatoms. The SMILES string of the molecule is CCCNC(CN(CC)C1CC1)c1ccccc1. The number of rotatable bonds is 8. The molecule has 18 heavy (non-hydrogen) atoms. The van der Waals surface area contributed by atoms with Gasteiger partial charge in [-0.2, -0.15) is 0 Å². The fraction of sp³-hybridized carbons (Fsp3) is 0.625. The standard InChI is InChI=1S/C16H26N2/c1-3-12-17-16(14-8-6-5-7-9-14)13-18(4-2)15-10-11-15/h5-9,15-17H,3-4,10-13H2,1-2H3. The van der Waals surface area contributed by atoms with Crippen molar-refractivity contribution in [3.05, 3.63) is 35.9 Å². The molecule has 0 heterocycles. The van der Waals surface area contributed by atoms with Crippen LogP contribution in [-0.2, 0) is 0 Å². The van der Waals surface area contributed by atoms with Crippen LogP contribution in [0.3, 0.4) is 0 Å². The first-order chi connectivity index (χ1) is 8.85. The van der Waals surface area contributed by atoms with E-state index in [9.17, 15) is 0 Å². The molecule has 1 unspecified atom stereocenters. The van der Waals surface area contributed by atoms with Crippen LogP contribution < -0.4 is 5.32 Å². The Hall–Kier alpha value is -0.860. The van der Waals surface area contributed by atoms with Crippen LogP contribution in [0.15, 0.2) is 30.3 Å². The minimum atomic E-state index is 0.478. The summed E-state index contributed by atoms with van der Waals surface area (Å²) >= 11 is 0. The monoisotopic (exact) mass is 246 g/mol. The molecule has 1 N–H and O–H groups in total. The third kappa shape index (κ3) is 3.82. The van der Waals surface area contributed by atoms with Crippen LogP contribution in [0.25, 0.3) is 0 Å². The lowest BCUT2D eigenvalue weighted by atomic mass is 10.1. The molecule has 1 aliphatic carbocycles. The van der Waals surface area contributed by atoms with E-state index in [1.807, 2.05) is 0 Å². The predicted octanol–water partition coefficient (Wildman–Crippen LogP) is 3.21. The molecule has 0 spiro atoms. The summed E-state index contributed by atoms with van der Waals surface area (Å²) in [5, 5.41) is 3.69. The highest BCUT2D eigenvalue weighted by atomic mass is 15.2. The summed E-state index contributed by atoms with van der Waals surface area (Å²) in [6, 6.07) is 12.2. The van der Waals surface area contributed by atoms with Gasteiger partial charge in [0.1, 0.15) is 0 Å². The summed E-state index contributed by atoms with van der Waals surface area (Å²) in [4.78, 5) is 2.63. The van der Waals surface area contributed by atoms with Gasteiger partial charge in [0, 0.05) is 18.6 Å². The van der Waals surface area contributed by atoms with Gasteiger partial charge in [-0.3, -0.25) is 4.90 Å². The van der Waals surface area contributed by atoms with Crippen LogP contribution in [0, 0.1) is 0 Å². The van der Waals surface area contributed by atoms with Crippen molar-refractivity contribution in [3.8, 4) is 0 Å². The van der Waals surface area contributed by atoms with Crippen LogP contribution in [0.5, 0.6) is 0 Å². The molecule has 0 amide bonds. The average Bonchev–Trinajstić information content (AvgIpc) is 3.25. The summed E-state index contributed by atoms with van der Waals surface area (Å²) in [6.07, 6.45) is 3.98. The lowest BCUT2D eigenvalue weighted by molar-refractivity contribution is 0.244. The second kappa shape index (κ2) is 6.91. The molecular formula is C16H26N2. The molecule has 0 saturated heterocycles. The highest BCUT2D eigenvalue weighted by molar-refractivity contribution is 5.19. The maximum Gasteiger partial charge on any atom is 0.0449 e. The maximum absolute atomic E-state index is 3.69. The van der Waals surface area contributed by atoms with Gasteiger partial charge in [-0.05, 0) is 37.9 Å². The zero-order valence-electron chi connectivity index (χ0n) is 11.7. The van der Waals surface area contributed by atoms with Gasteiger partial charge >= 0.3 is 0 Å². The van der Waals surface area contributed by atoms with E-state index in [0.717, 1.165) is 19.1 Å². The number of nitrogens with one attached hydrogen (secondary N) is 1. The molecule has 0 aromatic heterocycles. The second-order valence-corrected chi connectivity index (χ2v) is 5.24. The summed E-state index contributed by atoms with van der Waals surface area (Å²) in [7, 11) is 0. The van der Waals surface area contributed by atoms with Crippen LogP contribution in [0.1, 0.15) is 44.7 Å². The van der Waals surface area contributed by atoms with Crippen molar-refractivity contribution < 1.29 is 0 Å². The number of benzene rings is 1. The molecule has 1 aliphatic rings. The topological polar surface area (TPSA) is 15.3 Å². The Morgan fingerprint density at radius 1 is 1.22 bits per heavy atom. The molecule has 2 nitrogen and oxygen atoms in total. The number of hydrogen-bond acceptors (Lipinski definition) is 2. The summed E-state index contributed by atoms with van der Waals surface area (Å²) in [5.41, 5.74) is 1.42. The molecule has 0 radical (unpaired) electrons. The Balaban J connectivity index is 1.99. The van der Waals surface area contributed by atoms with E-state index in [1.165, 1.54) is 31.4 Å². The van der Waals surface area contributed by atoms with Crippen molar-refractivity contribution in [2.24, 2.45) is 0 Å². The molecule has 0 aliphatic heterocycles. The first-order valence-electron chi connectivity index (χ1n) is 7.37. The lowest BCUT2D eigenvalue weighted by Gasteiger charge is -2.27. The van der Waals surface area contributed by atoms with Crippen molar-refractivity contribution >= 4 is 0 Å².